The number of phenolic OH excluding ortho intramolecular Hbond substituents is 3. The molecule has 704 valence electrons. The second-order valence-corrected chi connectivity index (χ2v) is 33.1. The topological polar surface area (TPSA) is 662 Å². The number of rotatable bonds is 18. The lowest BCUT2D eigenvalue weighted by Crippen LogP contribution is -2.65. The molecule has 0 saturated carbocycles. The van der Waals surface area contributed by atoms with E-state index >= 15 is 24.0 Å². The van der Waals surface area contributed by atoms with Crippen LogP contribution in [-0.4, -0.2) is 266 Å². The summed E-state index contributed by atoms with van der Waals surface area (Å²) in [5.74, 6) is -20.5. The van der Waals surface area contributed by atoms with E-state index in [1.165, 1.54) is 30.3 Å². The zero-order chi connectivity index (χ0) is 94.7. The molecule has 132 heavy (non-hydrogen) atoms. The number of nitrogens with one attached hydrogen (secondary N) is 8. The average molecular weight is 1880 g/mol. The molecule has 3 saturated heterocycles. The van der Waals surface area contributed by atoms with Gasteiger partial charge in [0.05, 0.1) is 36.0 Å². The number of carboxylic acid groups (broad SMARTS) is 1. The van der Waals surface area contributed by atoms with Gasteiger partial charge in [-0.2, -0.15) is 0 Å². The van der Waals surface area contributed by atoms with Crippen LogP contribution in [0.1, 0.15) is 115 Å². The summed E-state index contributed by atoms with van der Waals surface area (Å²) < 4.78 is 57.5. The van der Waals surface area contributed by atoms with Crippen LogP contribution >= 0.6 is 23.2 Å². The fourth-order valence-corrected chi connectivity index (χ4v) is 16.8. The Morgan fingerprint density at radius 2 is 1.13 bits per heavy atom. The van der Waals surface area contributed by atoms with Crippen molar-refractivity contribution in [2.24, 2.45) is 5.73 Å². The molecule has 17 bridgehead atoms. The van der Waals surface area contributed by atoms with Gasteiger partial charge in [-0.05, 0) is 125 Å². The lowest BCUT2D eigenvalue weighted by Gasteiger charge is -2.44. The minimum absolute atomic E-state index is 0.0256. The third-order valence-electron chi connectivity index (χ3n) is 23.1. The van der Waals surface area contributed by atoms with Gasteiger partial charge in [-0.15, -0.1) is 0 Å². The van der Waals surface area contributed by atoms with Crippen LogP contribution < -0.4 is 72.0 Å². The van der Waals surface area contributed by atoms with Gasteiger partial charge >= 0.3 is 5.97 Å². The van der Waals surface area contributed by atoms with Crippen molar-refractivity contribution in [3.8, 4) is 63.2 Å². The van der Waals surface area contributed by atoms with E-state index in [2.05, 4.69) is 42.5 Å². The number of amides is 8. The van der Waals surface area contributed by atoms with Crippen LogP contribution in [0.2, 0.25) is 10.0 Å². The van der Waals surface area contributed by atoms with Gasteiger partial charge in [0.25, 0.3) is 0 Å². The molecule has 25 N–H and O–H groups in total. The monoisotopic (exact) mass is 1880 g/mol. The molecule has 3 fully saturated rings. The van der Waals surface area contributed by atoms with Crippen molar-refractivity contribution in [2.75, 3.05) is 19.8 Å². The van der Waals surface area contributed by atoms with Crippen LogP contribution in [-0.2, 0) is 68.5 Å². The van der Waals surface area contributed by atoms with Gasteiger partial charge in [0.2, 0.25) is 65.6 Å². The Labute approximate surface area is 759 Å². The minimum atomic E-state index is -2.58. The second-order valence-electron chi connectivity index (χ2n) is 32.3. The van der Waals surface area contributed by atoms with Crippen molar-refractivity contribution in [3.63, 3.8) is 0 Å². The van der Waals surface area contributed by atoms with Crippen LogP contribution in [0.3, 0.4) is 0 Å². The average Bonchev–Trinajstić information content (AvgIpc) is 0.763. The third kappa shape index (κ3) is 20.7. The van der Waals surface area contributed by atoms with E-state index in [-0.39, 0.29) is 46.2 Å². The fraction of sp³-hybridized carbons (Fsp3) is 0.398. The number of carbonyl (C=O) groups is 9. The molecule has 9 heterocycles. The maximum absolute atomic E-state index is 17.0. The van der Waals surface area contributed by atoms with Gasteiger partial charge in [0.15, 0.2) is 35.3 Å². The summed E-state index contributed by atoms with van der Waals surface area (Å²) in [5.41, 5.74) is 3.65. The predicted molar refractivity (Wildman–Crippen MR) is 453 cm³/mol. The lowest BCUT2D eigenvalue weighted by atomic mass is 9.80. The molecular formula is C88H95Cl2N9O33. The molecule has 6 aromatic carbocycles. The van der Waals surface area contributed by atoms with Crippen LogP contribution in [0.5, 0.6) is 63.2 Å². The molecule has 1 aliphatic carbocycles. The number of hydrogen-bond donors (Lipinski definition) is 24. The maximum Gasteiger partial charge on any atom is 0.330 e. The molecule has 6 aromatic rings. The number of carboxylic acids is 1. The molecule has 42 nitrogen and oxygen atoms in total. The van der Waals surface area contributed by atoms with Gasteiger partial charge < -0.3 is 167 Å². The summed E-state index contributed by atoms with van der Waals surface area (Å²) in [6.45, 7) is -0.226. The maximum atomic E-state index is 17.0. The van der Waals surface area contributed by atoms with Crippen LogP contribution in [0, 0.1) is 0 Å². The van der Waals surface area contributed by atoms with Crippen LogP contribution in [0.25, 0.3) is 0 Å². The van der Waals surface area contributed by atoms with E-state index in [4.69, 9.17) is 71.6 Å². The Balaban J connectivity index is 1.03. The SMILES string of the molecule is CC/C=C/C/C=C/CCC(=O)NC1C(Oc2c3cc4cc2Oc2ccc(cc2Cl)C(OC2OC(CO)C(O)C(O)C2NC(C)=O)C2NC(=O)C(NC(=O)C4NC(=O)C4NC(=O)C(Cc5ccc(c(Cl)c5)O3)NC(=O)C(N)c3ccc(O)c(c3)Oc3cc(O)cc4c3)C3=CC(c4c(OC5OC(CO)C(O)C(O)C5O)cc(O)cc4C(C(=O)O)NC2=O)C(O)C=C3)OC(CO)C(O)C1O. The zero-order valence-electron chi connectivity index (χ0n) is 69.8. The number of aliphatic carboxylic acids is 1. The fourth-order valence-electron chi connectivity index (χ4n) is 16.4. The van der Waals surface area contributed by atoms with Crippen molar-refractivity contribution < 1.29 is 162 Å². The summed E-state index contributed by atoms with van der Waals surface area (Å²) in [4.78, 5) is 138. The summed E-state index contributed by atoms with van der Waals surface area (Å²) in [6.07, 6.45) is -19.5. The number of allylic oxidation sites excluding steroid dienone is 4. The number of carbonyl (C=O) groups excluding carboxylic acids is 8. The molecule has 0 spiro atoms. The Bertz CT molecular complexity index is 5550. The van der Waals surface area contributed by atoms with E-state index in [1.807, 2.05) is 19.1 Å². The first-order chi connectivity index (χ1) is 63.0. The smallest absolute Gasteiger partial charge is 0.330 e. The van der Waals surface area contributed by atoms with Gasteiger partial charge in [-0.25, -0.2) is 4.79 Å². The van der Waals surface area contributed by atoms with Gasteiger partial charge in [0.1, 0.15) is 150 Å². The highest BCUT2D eigenvalue weighted by molar-refractivity contribution is 6.32. The number of ether oxygens (including phenoxy) is 9. The Morgan fingerprint density at radius 3 is 1.77 bits per heavy atom. The predicted octanol–water partition coefficient (Wildman–Crippen LogP) is -0.389. The molecule has 0 radical (unpaired) electrons. The van der Waals surface area contributed by atoms with Gasteiger partial charge in [-0.1, -0.05) is 90.9 Å². The van der Waals surface area contributed by atoms with E-state index in [0.717, 1.165) is 98.3 Å². The number of aliphatic hydroxyl groups is 11. The van der Waals surface area contributed by atoms with E-state index in [0.29, 0.717) is 6.42 Å². The number of nitrogens with two attached hydrogens (primary N) is 1. The van der Waals surface area contributed by atoms with E-state index in [1.54, 1.807) is 12.2 Å². The molecule has 44 heteroatoms. The molecular weight excluding hydrogens is 1780 g/mol. The van der Waals surface area contributed by atoms with E-state index in [9.17, 15) is 95.8 Å². The van der Waals surface area contributed by atoms with Crippen LogP contribution in [0.4, 0.5) is 0 Å². The molecule has 9 aliphatic heterocycles. The summed E-state index contributed by atoms with van der Waals surface area (Å²) in [6, 6.07) is -2.08. The van der Waals surface area contributed by atoms with Crippen LogP contribution in [0.15, 0.2) is 145 Å². The number of benzene rings is 6. The quantitative estimate of drug-likeness (QED) is 0.0487. The molecule has 10 aliphatic rings. The molecule has 0 aromatic heterocycles. The highest BCUT2D eigenvalue weighted by Gasteiger charge is 2.53. The number of aromatic hydroxyl groups is 3. The molecule has 25 atom stereocenters. The Kier molecular flexibility index (Phi) is 29.7. The summed E-state index contributed by atoms with van der Waals surface area (Å²) in [7, 11) is 0. The highest BCUT2D eigenvalue weighted by atomic mass is 35.5. The molecule has 8 amide bonds. The number of aliphatic hydroxyl groups excluding tert-OH is 11. The zero-order valence-corrected chi connectivity index (χ0v) is 71.3. The lowest BCUT2D eigenvalue weighted by molar-refractivity contribution is -0.284. The summed E-state index contributed by atoms with van der Waals surface area (Å²) >= 11 is 14.7. The largest absolute Gasteiger partial charge is 0.508 e. The van der Waals surface area contributed by atoms with Crippen molar-refractivity contribution in [1.82, 2.24) is 42.5 Å². The van der Waals surface area contributed by atoms with Crippen molar-refractivity contribution >= 4 is 76.4 Å². The summed E-state index contributed by atoms with van der Waals surface area (Å²) in [5, 5.41) is 190. The number of phenols is 3. The second kappa shape index (κ2) is 40.9. The molecule has 25 unspecified atom stereocenters. The van der Waals surface area contributed by atoms with Gasteiger partial charge in [-0.3, -0.25) is 38.4 Å². The van der Waals surface area contributed by atoms with Crippen molar-refractivity contribution in [3.05, 3.63) is 194 Å². The first-order valence-corrected chi connectivity index (χ1v) is 42.4. The van der Waals surface area contributed by atoms with Crippen molar-refractivity contribution in [1.29, 1.82) is 0 Å². The first-order valence-electron chi connectivity index (χ1n) is 41.6. The van der Waals surface area contributed by atoms with E-state index < -0.39 is 316 Å². The number of fused-ring (bicyclic) bond motifs is 13. The Hall–Kier alpha value is -12.2. The van der Waals surface area contributed by atoms with Gasteiger partial charge in [0, 0.05) is 43.4 Å². The first kappa shape index (κ1) is 95.9. The minimum Gasteiger partial charge on any atom is -0.508 e. The molecule has 16 rings (SSSR count). The number of hydrogen-bond acceptors (Lipinski definition) is 33. The highest BCUT2D eigenvalue weighted by Crippen LogP contribution is 2.51. The third-order valence-corrected chi connectivity index (χ3v) is 23.7. The number of halogens is 2. The Morgan fingerprint density at radius 1 is 0.545 bits per heavy atom. The standard InChI is InChI=1S/C88H95Cl2N9O33/c1-3-4-5-6-7-8-9-10-60(108)94-68-74(113)71(110)58(32-101)129-87(68)132-78-55-26-40-27-56(78)126-52-18-14-38(24-47(52)90)77(131-86-67(92-34(2)103)73(112)70(109)57(31-100)128-86)69-84(121)98-66(85(122)123)45-29-42(105)30-54(127-88-76(115)75(114)72(111)59(33-102)130-88)61(45)44-23-37(13-15-49(44)106)63(81(118)99-69)96-83(120)65(40)97-82(119)64-39-21-41(104)28-43(22-39)124-53-25-36(12-16-50(53)107)62(91)80(117)93-48(79(116)95-64)20-35-11-17-51(125-55)46(89)19-35/h4-5,7-8,11-19,21-30,44,48-49,57-59,62-77,86-88,100-102,104-107,109-115H,3,6,9-10,20,31-33,91H2,1-2H3,(H,92,103)(H,93,117)(H,94,108)(H,95,116)(H,96,120)(H,97,119)(H,98,121)(H,99,118)(H,122,123)/b5-4+,8-7+. The normalized spacial score (nSPS) is 30.7. The van der Waals surface area contributed by atoms with Crippen molar-refractivity contribution in [2.45, 2.75) is 198 Å².